The Balaban J connectivity index is 1.75. The van der Waals surface area contributed by atoms with Crippen molar-refractivity contribution in [2.45, 2.75) is 31.5 Å². The van der Waals surface area contributed by atoms with Crippen LogP contribution in [-0.4, -0.2) is 97.6 Å². The Morgan fingerprint density at radius 2 is 1.81 bits per heavy atom. The molecular weight excluding hydrogens is 436 g/mol. The minimum atomic E-state index is -3.33. The van der Waals surface area contributed by atoms with Crippen LogP contribution in [0.2, 0.25) is 0 Å². The van der Waals surface area contributed by atoms with Crippen molar-refractivity contribution in [1.82, 2.24) is 14.9 Å². The molecule has 0 aliphatic carbocycles. The van der Waals surface area contributed by atoms with Crippen LogP contribution in [0.15, 0.2) is 12.1 Å². The Bertz CT molecular complexity index is 1070. The van der Waals surface area contributed by atoms with E-state index in [9.17, 15) is 18.6 Å². The van der Waals surface area contributed by atoms with Gasteiger partial charge in [0.05, 0.1) is 56.5 Å². The number of nitrogens with zero attached hydrogens (tertiary/aromatic N) is 4. The third-order valence-corrected chi connectivity index (χ3v) is 7.83. The van der Waals surface area contributed by atoms with E-state index in [1.165, 1.54) is 0 Å². The van der Waals surface area contributed by atoms with Crippen LogP contribution in [0.3, 0.4) is 0 Å². The molecule has 2 saturated heterocycles. The minimum absolute atomic E-state index is 0.147. The molecule has 0 unspecified atom stereocenters. The Morgan fingerprint density at radius 1 is 1.12 bits per heavy atom. The Morgan fingerprint density at radius 3 is 2.41 bits per heavy atom. The van der Waals surface area contributed by atoms with Gasteiger partial charge < -0.3 is 24.6 Å². The number of methoxy groups -OCH3 is 2. The summed E-state index contributed by atoms with van der Waals surface area (Å²) < 4.78 is 35.0. The third-order valence-electron chi connectivity index (χ3n) is 6.13. The minimum Gasteiger partial charge on any atom is -0.493 e. The van der Waals surface area contributed by atoms with Gasteiger partial charge in [-0.3, -0.25) is 4.90 Å². The summed E-state index contributed by atoms with van der Waals surface area (Å²) in [6.07, 6.45) is 1.16. The molecule has 2 atom stereocenters. The molecule has 2 aliphatic rings. The fourth-order valence-corrected chi connectivity index (χ4v) is 6.39. The molecule has 0 radical (unpaired) electrons. The quantitative estimate of drug-likeness (QED) is 0.557. The van der Waals surface area contributed by atoms with Gasteiger partial charge in [-0.15, -0.1) is 0 Å². The van der Waals surface area contributed by atoms with Gasteiger partial charge in [-0.05, 0) is 18.9 Å². The zero-order chi connectivity index (χ0) is 22.9. The number of aromatic nitrogens is 2. The van der Waals surface area contributed by atoms with Gasteiger partial charge in [0.25, 0.3) is 0 Å². The SMILES string of the molecule is COc1cc2nc(CN(CCO)[C@H]3CS(=O)(=O)C[C@H]3O)nc(N3CCCC3)c2cc1OC. The number of rotatable bonds is 8. The molecule has 176 valence electrons. The van der Waals surface area contributed by atoms with Crippen molar-refractivity contribution in [3.8, 4) is 11.5 Å². The highest BCUT2D eigenvalue weighted by atomic mass is 32.2. The number of hydrogen-bond acceptors (Lipinski definition) is 10. The molecule has 1 aromatic heterocycles. The summed E-state index contributed by atoms with van der Waals surface area (Å²) in [5.41, 5.74) is 0.693. The van der Waals surface area contributed by atoms with Gasteiger partial charge >= 0.3 is 0 Å². The molecule has 2 aromatic rings. The molecule has 11 heteroatoms. The summed E-state index contributed by atoms with van der Waals surface area (Å²) >= 11 is 0. The van der Waals surface area contributed by atoms with E-state index in [0.717, 1.165) is 37.1 Å². The van der Waals surface area contributed by atoms with Crippen molar-refractivity contribution < 1.29 is 28.1 Å². The van der Waals surface area contributed by atoms with Gasteiger partial charge in [0, 0.05) is 31.1 Å². The number of aliphatic hydroxyl groups is 2. The van der Waals surface area contributed by atoms with Crippen LogP contribution in [0.25, 0.3) is 10.9 Å². The van der Waals surface area contributed by atoms with E-state index in [2.05, 4.69) is 4.90 Å². The van der Waals surface area contributed by atoms with Gasteiger partial charge in [0.2, 0.25) is 0 Å². The third kappa shape index (κ3) is 4.61. The maximum absolute atomic E-state index is 12.0. The molecule has 0 amide bonds. The topological polar surface area (TPSA) is 125 Å². The van der Waals surface area contributed by atoms with Gasteiger partial charge in [-0.25, -0.2) is 18.4 Å². The Kier molecular flexibility index (Phi) is 6.70. The van der Waals surface area contributed by atoms with Crippen LogP contribution in [0.1, 0.15) is 18.7 Å². The van der Waals surface area contributed by atoms with Crippen molar-refractivity contribution in [3.05, 3.63) is 18.0 Å². The molecule has 0 saturated carbocycles. The molecule has 3 heterocycles. The predicted octanol–water partition coefficient (Wildman–Crippen LogP) is 0.199. The predicted molar refractivity (Wildman–Crippen MR) is 120 cm³/mol. The first kappa shape index (κ1) is 23.0. The lowest BCUT2D eigenvalue weighted by molar-refractivity contribution is 0.0640. The molecule has 2 N–H and O–H groups in total. The first-order valence-corrected chi connectivity index (χ1v) is 12.6. The highest BCUT2D eigenvalue weighted by Crippen LogP contribution is 2.36. The fraction of sp³-hybridized carbons (Fsp3) is 0.619. The van der Waals surface area contributed by atoms with E-state index in [1.54, 1.807) is 19.1 Å². The van der Waals surface area contributed by atoms with Gasteiger partial charge in [-0.1, -0.05) is 0 Å². The summed E-state index contributed by atoms with van der Waals surface area (Å²) in [6.45, 7) is 2.03. The van der Waals surface area contributed by atoms with E-state index < -0.39 is 22.0 Å². The van der Waals surface area contributed by atoms with Crippen molar-refractivity contribution in [1.29, 1.82) is 0 Å². The van der Waals surface area contributed by atoms with Crippen LogP contribution in [-0.2, 0) is 16.4 Å². The number of hydrogen-bond donors (Lipinski definition) is 2. The van der Waals surface area contributed by atoms with Crippen molar-refractivity contribution in [2.24, 2.45) is 0 Å². The summed E-state index contributed by atoms with van der Waals surface area (Å²) in [5, 5.41) is 20.8. The molecule has 4 rings (SSSR count). The maximum Gasteiger partial charge on any atom is 0.162 e. The first-order chi connectivity index (χ1) is 15.3. The smallest absolute Gasteiger partial charge is 0.162 e. The van der Waals surface area contributed by atoms with Crippen molar-refractivity contribution >= 4 is 26.6 Å². The van der Waals surface area contributed by atoms with E-state index >= 15 is 0 Å². The van der Waals surface area contributed by atoms with Gasteiger partial charge in [-0.2, -0.15) is 0 Å². The molecule has 10 nitrogen and oxygen atoms in total. The van der Waals surface area contributed by atoms with Crippen molar-refractivity contribution in [2.75, 3.05) is 56.9 Å². The number of sulfone groups is 1. The zero-order valence-electron chi connectivity index (χ0n) is 18.4. The second-order valence-electron chi connectivity index (χ2n) is 8.29. The number of fused-ring (bicyclic) bond motifs is 1. The van der Waals surface area contributed by atoms with E-state index in [1.807, 2.05) is 12.1 Å². The monoisotopic (exact) mass is 466 g/mol. The van der Waals surface area contributed by atoms with E-state index in [4.69, 9.17) is 19.4 Å². The average molecular weight is 467 g/mol. The second kappa shape index (κ2) is 9.34. The number of ether oxygens (including phenoxy) is 2. The van der Waals surface area contributed by atoms with Crippen LogP contribution < -0.4 is 14.4 Å². The average Bonchev–Trinajstić information content (AvgIpc) is 3.39. The van der Waals surface area contributed by atoms with Crippen LogP contribution in [0.4, 0.5) is 5.82 Å². The van der Waals surface area contributed by atoms with Crippen LogP contribution in [0, 0.1) is 0 Å². The Hall–Kier alpha value is -2.21. The molecule has 1 aromatic carbocycles. The fourth-order valence-electron chi connectivity index (χ4n) is 4.56. The van der Waals surface area contributed by atoms with Crippen molar-refractivity contribution in [3.63, 3.8) is 0 Å². The Labute approximate surface area is 187 Å². The van der Waals surface area contributed by atoms with E-state index in [-0.39, 0.29) is 31.2 Å². The van der Waals surface area contributed by atoms with Gasteiger partial charge in [0.15, 0.2) is 21.3 Å². The summed E-state index contributed by atoms with van der Waals surface area (Å²) in [4.78, 5) is 13.5. The van der Waals surface area contributed by atoms with Gasteiger partial charge in [0.1, 0.15) is 11.6 Å². The zero-order valence-corrected chi connectivity index (χ0v) is 19.2. The van der Waals surface area contributed by atoms with Crippen LogP contribution in [0.5, 0.6) is 11.5 Å². The van der Waals surface area contributed by atoms with Crippen LogP contribution >= 0.6 is 0 Å². The highest BCUT2D eigenvalue weighted by Gasteiger charge is 2.40. The first-order valence-electron chi connectivity index (χ1n) is 10.8. The standard InChI is InChI=1S/C21H30N4O6S/c1-30-18-9-14-15(10-19(18)31-2)22-20(23-21(14)24-5-3-4-6-24)11-25(7-8-26)16-12-32(28,29)13-17(16)27/h9-10,16-17,26-27H,3-8,11-13H2,1-2H3/t16-,17+/m0/s1. The molecular formula is C21H30N4O6S. The molecule has 0 spiro atoms. The molecule has 2 aliphatic heterocycles. The number of benzene rings is 1. The lowest BCUT2D eigenvalue weighted by atomic mass is 10.1. The molecule has 32 heavy (non-hydrogen) atoms. The number of anilines is 1. The van der Waals surface area contributed by atoms with E-state index in [0.29, 0.717) is 22.8 Å². The molecule has 2 fully saturated rings. The normalized spacial score (nSPS) is 22.7. The largest absolute Gasteiger partial charge is 0.493 e. The summed E-state index contributed by atoms with van der Waals surface area (Å²) in [6, 6.07) is 3.08. The maximum atomic E-state index is 12.0. The second-order valence-corrected chi connectivity index (χ2v) is 10.4. The summed E-state index contributed by atoms with van der Waals surface area (Å²) in [5.74, 6) is 2.03. The lowest BCUT2D eigenvalue weighted by Crippen LogP contribution is -2.44. The summed E-state index contributed by atoms with van der Waals surface area (Å²) in [7, 11) is -0.173. The molecule has 0 bridgehead atoms. The lowest BCUT2D eigenvalue weighted by Gasteiger charge is -2.29. The highest BCUT2D eigenvalue weighted by molar-refractivity contribution is 7.91. The number of aliphatic hydroxyl groups excluding tert-OH is 2.